The molecule has 10 atom stereocenters. The summed E-state index contributed by atoms with van der Waals surface area (Å²) in [6.45, 7) is 19.6. The van der Waals surface area contributed by atoms with Crippen molar-refractivity contribution in [2.24, 2.45) is 11.8 Å². The fourth-order valence-electron chi connectivity index (χ4n) is 8.19. The molecule has 0 spiro atoms. The van der Waals surface area contributed by atoms with E-state index in [-0.39, 0.29) is 116 Å². The van der Waals surface area contributed by atoms with Crippen LogP contribution in [0.15, 0.2) is 78.9 Å². The number of nitrogens with zero attached hydrogens (tertiary/aromatic N) is 3. The summed E-state index contributed by atoms with van der Waals surface area (Å²) in [5.74, 6) is 1.30. The third-order valence-electron chi connectivity index (χ3n) is 11.5. The maximum atomic E-state index is 9.44. The molecule has 2 aliphatic rings. The predicted octanol–water partition coefficient (Wildman–Crippen LogP) is 10.7. The Bertz CT molecular complexity index is 1830. The van der Waals surface area contributed by atoms with Crippen LogP contribution in [0.1, 0.15) is 84.4 Å². The molecular weight excluding hydrogens is 941 g/mol. The molecule has 0 aliphatic carbocycles. The van der Waals surface area contributed by atoms with Gasteiger partial charge in [-0.25, -0.2) is 4.67 Å². The van der Waals surface area contributed by atoms with E-state index in [4.69, 9.17) is 46.3 Å². The maximum Gasteiger partial charge on any atom is 0.333 e. The fourth-order valence-corrected chi connectivity index (χ4v) is 11.3. The van der Waals surface area contributed by atoms with Crippen LogP contribution in [0.5, 0.6) is 11.5 Å². The van der Waals surface area contributed by atoms with E-state index < -0.39 is 47.1 Å². The molecule has 355 valence electrons. The van der Waals surface area contributed by atoms with Gasteiger partial charge in [0.05, 0.1) is 83.9 Å². The molecule has 3 aromatic carbocycles. The zero-order valence-electron chi connectivity index (χ0n) is 39.8. The molecular formula is C49H69N3O10P2Y-2. The molecule has 2 unspecified atom stereocenters. The van der Waals surface area contributed by atoms with E-state index in [0.717, 1.165) is 34.6 Å². The number of rotatable bonds is 25. The zero-order valence-corrected chi connectivity index (χ0v) is 44.5. The fraction of sp³-hybridized carbons (Fsp3) is 0.551. The molecule has 2 heterocycles. The van der Waals surface area contributed by atoms with Gasteiger partial charge in [0, 0.05) is 50.7 Å². The topological polar surface area (TPSA) is 143 Å². The number of benzene rings is 3. The van der Waals surface area contributed by atoms with Gasteiger partial charge in [-0.2, -0.15) is 10.5 Å². The summed E-state index contributed by atoms with van der Waals surface area (Å²) in [6, 6.07) is 30.4. The van der Waals surface area contributed by atoms with E-state index in [1.165, 1.54) is 0 Å². The third-order valence-corrected chi connectivity index (χ3v) is 14.8. The Kier molecular flexibility index (Phi) is 24.9. The van der Waals surface area contributed by atoms with Crippen molar-refractivity contribution >= 4 is 17.1 Å². The summed E-state index contributed by atoms with van der Waals surface area (Å²) in [5, 5.41) is 18.7. The van der Waals surface area contributed by atoms with Crippen LogP contribution in [0, 0.1) is 48.8 Å². The minimum Gasteiger partial charge on any atom is -0.497 e. The van der Waals surface area contributed by atoms with Gasteiger partial charge in [0.15, 0.2) is 0 Å². The third kappa shape index (κ3) is 14.7. The van der Waals surface area contributed by atoms with Crippen molar-refractivity contribution in [2.75, 3.05) is 40.6 Å². The number of nitriles is 2. The van der Waals surface area contributed by atoms with Crippen molar-refractivity contribution in [3.8, 4) is 23.6 Å². The van der Waals surface area contributed by atoms with Crippen molar-refractivity contribution in [1.29, 1.82) is 10.5 Å². The monoisotopic (exact) mass is 1010 g/mol. The molecule has 16 heteroatoms. The van der Waals surface area contributed by atoms with Crippen LogP contribution in [0.3, 0.4) is 0 Å². The van der Waals surface area contributed by atoms with Gasteiger partial charge in [0.2, 0.25) is 0 Å². The average Bonchev–Trinajstić information content (AvgIpc) is 3.74. The Morgan fingerprint density at radius 1 is 0.692 bits per heavy atom. The normalized spacial score (nSPS) is 23.9. The molecule has 0 N–H and O–H groups in total. The molecule has 2 aliphatic heterocycles. The number of ether oxygens (including phenoxy) is 5. The van der Waals surface area contributed by atoms with Crippen molar-refractivity contribution < 1.29 is 79.0 Å². The van der Waals surface area contributed by atoms with E-state index >= 15 is 0 Å². The van der Waals surface area contributed by atoms with Crippen molar-refractivity contribution in [3.05, 3.63) is 110 Å². The average molecular weight is 1010 g/mol. The quantitative estimate of drug-likeness (QED) is 0.0344. The molecule has 0 aromatic heterocycles. The minimum atomic E-state index is -2.02. The molecule has 0 saturated carbocycles. The first kappa shape index (κ1) is 57.2. The first-order valence-corrected chi connectivity index (χ1v) is 24.1. The van der Waals surface area contributed by atoms with Gasteiger partial charge < -0.3 is 60.7 Å². The van der Waals surface area contributed by atoms with E-state index in [1.807, 2.05) is 73.7 Å². The summed E-state index contributed by atoms with van der Waals surface area (Å²) >= 11 is 0. The Labute approximate surface area is 416 Å². The first-order chi connectivity index (χ1) is 30.4. The second kappa shape index (κ2) is 28.4. The van der Waals surface area contributed by atoms with Crippen LogP contribution < -0.4 is 9.47 Å². The van der Waals surface area contributed by atoms with Crippen LogP contribution in [-0.2, 0) is 75.1 Å². The zero-order chi connectivity index (χ0) is 45.5. The Morgan fingerprint density at radius 3 is 1.71 bits per heavy atom. The van der Waals surface area contributed by atoms with E-state index in [9.17, 15) is 10.5 Å². The molecule has 13 nitrogen and oxygen atoms in total. The van der Waals surface area contributed by atoms with Crippen LogP contribution in [0.4, 0.5) is 0 Å². The minimum absolute atomic E-state index is 0. The van der Waals surface area contributed by atoms with Crippen LogP contribution in [0.2, 0.25) is 0 Å². The van der Waals surface area contributed by atoms with Crippen LogP contribution in [-0.4, -0.2) is 94.0 Å². The smallest absolute Gasteiger partial charge is 0.333 e. The maximum absolute atomic E-state index is 9.44. The second-order valence-electron chi connectivity index (χ2n) is 16.3. The summed E-state index contributed by atoms with van der Waals surface area (Å²) < 4.78 is 66.4. The SMILES string of the molecule is [CH2-][C@@H]1O[C@H](COC(c2ccccc2)(c2ccc(OC)cc2)c2ccc(OC)cc2)[C@H](OP(OCCC#N)OC[C@H]2O[C@@H](CC)[C@@H](C)[C@H]2OP(OCCC#N)N(C(C)C)C(C)C)[C@@H]1C.[CH3-].[Y]. The predicted molar refractivity (Wildman–Crippen MR) is 250 cm³/mol. The van der Waals surface area contributed by atoms with Crippen molar-refractivity contribution in [1.82, 2.24) is 4.67 Å². The molecule has 0 amide bonds. The van der Waals surface area contributed by atoms with Gasteiger partial charge >= 0.3 is 8.60 Å². The number of hydrogen-bond donors (Lipinski definition) is 0. The summed E-state index contributed by atoms with van der Waals surface area (Å²) in [4.78, 5) is 0. The van der Waals surface area contributed by atoms with Gasteiger partial charge in [-0.05, 0) is 81.0 Å². The number of methoxy groups -OCH3 is 2. The summed E-state index contributed by atoms with van der Waals surface area (Å²) in [5.41, 5.74) is 1.60. The van der Waals surface area contributed by atoms with Gasteiger partial charge in [-0.15, -0.1) is 0 Å². The summed E-state index contributed by atoms with van der Waals surface area (Å²) in [7, 11) is -0.268. The molecule has 2 fully saturated rings. The van der Waals surface area contributed by atoms with E-state index in [1.54, 1.807) is 14.2 Å². The van der Waals surface area contributed by atoms with Crippen molar-refractivity contribution in [2.45, 2.75) is 122 Å². The van der Waals surface area contributed by atoms with Gasteiger partial charge in [-0.3, -0.25) is 0 Å². The molecule has 1 radical (unpaired) electrons. The Morgan fingerprint density at radius 2 is 1.20 bits per heavy atom. The second-order valence-corrected chi connectivity index (χ2v) is 18.9. The summed E-state index contributed by atoms with van der Waals surface area (Å²) in [6.07, 6.45) is -1.27. The number of hydrogen-bond acceptors (Lipinski definition) is 13. The van der Waals surface area contributed by atoms with Gasteiger partial charge in [0.25, 0.3) is 8.53 Å². The van der Waals surface area contributed by atoms with Gasteiger partial charge in [0.1, 0.15) is 29.3 Å². The molecule has 0 bridgehead atoms. The standard InChI is InChI=1S/C48H66N3O10P2.CH3.Y/c1-11-43-36(7)47(60-62(55-29-15-27-49)51(33(2)3)34(4)5)45(59-43)32-57-63(56-30-16-28-50)61-46-35(6)37(8)58-44(46)31-54-48(38-17-13-12-14-18-38,39-19-23-41(52-9)24-20-39)40-21-25-42(53-10)26-22-40;;/h12-14,17-26,33-37,43-47H,8,11,15-16,29-32H2,1-7,9-10H3;1H3;/q2*-1;/t35-,36-,37+,43+,44-,45-,46-,47-,62?,63?;;/m1../s1. The van der Waals surface area contributed by atoms with Gasteiger partial charge in [-0.1, -0.05) is 81.5 Å². The largest absolute Gasteiger partial charge is 0.497 e. The Hall–Kier alpha value is -2.16. The molecule has 65 heavy (non-hydrogen) atoms. The van der Waals surface area contributed by atoms with E-state index in [0.29, 0.717) is 0 Å². The molecule has 5 rings (SSSR count). The van der Waals surface area contributed by atoms with Crippen molar-refractivity contribution in [3.63, 3.8) is 0 Å². The van der Waals surface area contributed by atoms with Crippen LogP contribution >= 0.6 is 17.1 Å². The van der Waals surface area contributed by atoms with Crippen LogP contribution in [0.25, 0.3) is 0 Å². The molecule has 3 aromatic rings. The first-order valence-electron chi connectivity index (χ1n) is 21.9. The Balaban J connectivity index is 0.00000561. The van der Waals surface area contributed by atoms with E-state index in [2.05, 4.69) is 77.4 Å². The molecule has 2 saturated heterocycles.